The highest BCUT2D eigenvalue weighted by molar-refractivity contribution is 6.14. The van der Waals surface area contributed by atoms with Gasteiger partial charge in [0, 0.05) is 45.0 Å². The Kier molecular flexibility index (Phi) is 8.40. The number of nitrogens with zero attached hydrogens (tertiary/aromatic N) is 2. The molecule has 1 aliphatic carbocycles. The monoisotopic (exact) mass is 832 g/mol. The van der Waals surface area contributed by atoms with Gasteiger partial charge in [0.15, 0.2) is 0 Å². The van der Waals surface area contributed by atoms with Crippen LogP contribution >= 0.6 is 0 Å². The molecular weight excluding hydrogens is 793 g/mol. The minimum atomic E-state index is -0.561. The Morgan fingerprint density at radius 3 is 1.51 bits per heavy atom. The van der Waals surface area contributed by atoms with Crippen molar-refractivity contribution in [1.82, 2.24) is 0 Å². The molecule has 11 aromatic rings. The number of rotatable bonds is 7. The third-order valence-corrected chi connectivity index (χ3v) is 13.3. The van der Waals surface area contributed by atoms with Gasteiger partial charge in [-0.2, -0.15) is 0 Å². The van der Waals surface area contributed by atoms with Gasteiger partial charge in [-0.3, -0.25) is 0 Å². The van der Waals surface area contributed by atoms with Crippen LogP contribution in [0.1, 0.15) is 22.3 Å². The lowest BCUT2D eigenvalue weighted by Crippen LogP contribution is -2.32. The van der Waals surface area contributed by atoms with Crippen LogP contribution in [0.4, 0.5) is 34.1 Å². The van der Waals surface area contributed by atoms with Gasteiger partial charge >= 0.3 is 0 Å². The molecule has 0 atom stereocenters. The largest absolute Gasteiger partial charge is 0.457 e. The first kappa shape index (κ1) is 37.0. The summed E-state index contributed by atoms with van der Waals surface area (Å²) in [6.45, 7) is 0. The van der Waals surface area contributed by atoms with Crippen molar-refractivity contribution in [3.63, 3.8) is 0 Å². The van der Waals surface area contributed by atoms with Crippen molar-refractivity contribution in [2.24, 2.45) is 0 Å². The van der Waals surface area contributed by atoms with Gasteiger partial charge in [-0.05, 0) is 130 Å². The van der Waals surface area contributed by atoms with Crippen molar-refractivity contribution in [2.45, 2.75) is 5.41 Å². The van der Waals surface area contributed by atoms with E-state index < -0.39 is 5.41 Å². The molecule has 2 aliphatic rings. The summed E-state index contributed by atoms with van der Waals surface area (Å²) in [5, 5.41) is 2.15. The summed E-state index contributed by atoms with van der Waals surface area (Å²) in [5.74, 6) is 1.77. The molecule has 0 saturated heterocycles. The van der Waals surface area contributed by atoms with Crippen LogP contribution < -0.4 is 14.5 Å². The molecule has 0 fully saturated rings. The molecule has 4 nitrogen and oxygen atoms in total. The number of benzene rings is 10. The van der Waals surface area contributed by atoms with Crippen LogP contribution in [-0.4, -0.2) is 0 Å². The summed E-state index contributed by atoms with van der Waals surface area (Å²) < 4.78 is 13.2. The molecule has 306 valence electrons. The van der Waals surface area contributed by atoms with Gasteiger partial charge in [0.1, 0.15) is 22.7 Å². The maximum absolute atomic E-state index is 6.63. The van der Waals surface area contributed by atoms with Gasteiger partial charge in [0.25, 0.3) is 0 Å². The number of para-hydroxylation sites is 5. The van der Waals surface area contributed by atoms with E-state index in [1.54, 1.807) is 0 Å². The summed E-state index contributed by atoms with van der Waals surface area (Å²) in [4.78, 5) is 4.69. The lowest BCUT2D eigenvalue weighted by Gasteiger charge is -2.39. The molecule has 1 spiro atoms. The van der Waals surface area contributed by atoms with Crippen molar-refractivity contribution < 1.29 is 9.15 Å². The fourth-order valence-electron chi connectivity index (χ4n) is 10.6. The molecule has 2 heterocycles. The SMILES string of the molecule is c1ccc(N(c2ccc(-c3ccc4oc5cccc(N(c6ccccc6)c6ccccc6)c5c4c3)cc2)c2ccc3c(c2)C2(c4ccccc4Oc4ccccc42)c2ccccc2-3)cc1. The molecule has 65 heavy (non-hydrogen) atoms. The van der Waals surface area contributed by atoms with Crippen LogP contribution in [0.2, 0.25) is 0 Å². The first-order chi connectivity index (χ1) is 32.2. The Labute approximate surface area is 377 Å². The van der Waals surface area contributed by atoms with E-state index in [9.17, 15) is 0 Å². The third kappa shape index (κ3) is 5.71. The Morgan fingerprint density at radius 1 is 0.323 bits per heavy atom. The Hall–Kier alpha value is -8.60. The zero-order valence-electron chi connectivity index (χ0n) is 35.3. The molecule has 0 N–H and O–H groups in total. The number of hydrogen-bond acceptors (Lipinski definition) is 4. The summed E-state index contributed by atoms with van der Waals surface area (Å²) >= 11 is 0. The topological polar surface area (TPSA) is 28.9 Å². The van der Waals surface area contributed by atoms with Crippen molar-refractivity contribution in [2.75, 3.05) is 9.80 Å². The van der Waals surface area contributed by atoms with Crippen LogP contribution in [0.3, 0.4) is 0 Å². The highest BCUT2D eigenvalue weighted by Crippen LogP contribution is 2.62. The maximum Gasteiger partial charge on any atom is 0.137 e. The van der Waals surface area contributed by atoms with E-state index >= 15 is 0 Å². The van der Waals surface area contributed by atoms with E-state index in [1.165, 1.54) is 22.3 Å². The number of ether oxygens (including phenoxy) is 1. The molecule has 0 saturated carbocycles. The van der Waals surface area contributed by atoms with Crippen LogP contribution in [-0.2, 0) is 5.41 Å². The van der Waals surface area contributed by atoms with Gasteiger partial charge in [-0.1, -0.05) is 146 Å². The minimum Gasteiger partial charge on any atom is -0.457 e. The fraction of sp³-hybridized carbons (Fsp3) is 0.0164. The quantitative estimate of drug-likeness (QED) is 0.160. The molecule has 1 aliphatic heterocycles. The average molecular weight is 833 g/mol. The highest BCUT2D eigenvalue weighted by atomic mass is 16.5. The number of anilines is 6. The van der Waals surface area contributed by atoms with Crippen molar-refractivity contribution in [3.05, 3.63) is 265 Å². The summed E-state index contributed by atoms with van der Waals surface area (Å²) in [6.07, 6.45) is 0. The van der Waals surface area contributed by atoms with E-state index in [0.29, 0.717) is 0 Å². The summed E-state index contributed by atoms with van der Waals surface area (Å²) in [7, 11) is 0. The standard InChI is InChI=1S/C61H40N2O2/c1-4-17-43(18-5-1)62(47-36-37-49-48-23-10-11-24-51(48)61(54(49)40-47)52-25-12-14-28-57(52)65-58-29-15-13-26-53(58)61)46-34-31-41(32-35-46)42-33-38-56-50(39-42)60-55(27-16-30-59(60)64-56)63(44-19-6-2-7-20-44)45-21-8-3-9-22-45/h1-40H. The molecule has 10 aromatic carbocycles. The maximum atomic E-state index is 6.63. The zero-order valence-corrected chi connectivity index (χ0v) is 35.3. The molecule has 4 heteroatoms. The second-order valence-corrected chi connectivity index (χ2v) is 16.8. The van der Waals surface area contributed by atoms with Crippen LogP contribution in [0, 0.1) is 0 Å². The highest BCUT2D eigenvalue weighted by Gasteiger charge is 2.51. The van der Waals surface area contributed by atoms with Crippen molar-refractivity contribution >= 4 is 56.1 Å². The Balaban J connectivity index is 0.940. The second-order valence-electron chi connectivity index (χ2n) is 16.8. The van der Waals surface area contributed by atoms with E-state index in [1.807, 2.05) is 0 Å². The molecule has 0 unspecified atom stereocenters. The fourth-order valence-corrected chi connectivity index (χ4v) is 10.6. The number of hydrogen-bond donors (Lipinski definition) is 0. The zero-order chi connectivity index (χ0) is 42.9. The van der Waals surface area contributed by atoms with Gasteiger partial charge in [0.2, 0.25) is 0 Å². The predicted molar refractivity (Wildman–Crippen MR) is 266 cm³/mol. The van der Waals surface area contributed by atoms with E-state index in [-0.39, 0.29) is 0 Å². The van der Waals surface area contributed by atoms with Crippen LogP contribution in [0.25, 0.3) is 44.2 Å². The lowest BCUT2D eigenvalue weighted by molar-refractivity contribution is 0.436. The average Bonchev–Trinajstić information content (AvgIpc) is 3.89. The van der Waals surface area contributed by atoms with Crippen LogP contribution in [0.5, 0.6) is 11.5 Å². The van der Waals surface area contributed by atoms with Crippen molar-refractivity contribution in [1.29, 1.82) is 0 Å². The van der Waals surface area contributed by atoms with E-state index in [4.69, 9.17) is 9.15 Å². The number of furan rings is 1. The van der Waals surface area contributed by atoms with Gasteiger partial charge in [0.05, 0.1) is 16.5 Å². The predicted octanol–water partition coefficient (Wildman–Crippen LogP) is 16.7. The smallest absolute Gasteiger partial charge is 0.137 e. The third-order valence-electron chi connectivity index (χ3n) is 13.3. The first-order valence-electron chi connectivity index (χ1n) is 22.2. The summed E-state index contributed by atoms with van der Waals surface area (Å²) in [5.41, 5.74) is 17.2. The molecule has 13 rings (SSSR count). The van der Waals surface area contributed by atoms with Crippen LogP contribution in [0.15, 0.2) is 247 Å². The van der Waals surface area contributed by atoms with Gasteiger partial charge in [-0.15, -0.1) is 0 Å². The number of fused-ring (bicyclic) bond motifs is 12. The Bertz CT molecular complexity index is 3500. The van der Waals surface area contributed by atoms with Gasteiger partial charge < -0.3 is 19.0 Å². The lowest BCUT2D eigenvalue weighted by atomic mass is 9.66. The van der Waals surface area contributed by atoms with E-state index in [0.717, 1.165) is 89.8 Å². The molecular formula is C61H40N2O2. The molecule has 0 bridgehead atoms. The normalized spacial score (nSPS) is 12.9. The molecule has 1 aromatic heterocycles. The minimum absolute atomic E-state index is 0.561. The van der Waals surface area contributed by atoms with Gasteiger partial charge in [-0.25, -0.2) is 0 Å². The first-order valence-corrected chi connectivity index (χ1v) is 22.2. The van der Waals surface area contributed by atoms with E-state index in [2.05, 4.69) is 252 Å². The Morgan fingerprint density at radius 2 is 0.846 bits per heavy atom. The summed E-state index contributed by atoms with van der Waals surface area (Å²) in [6, 6.07) is 86.6. The second kappa shape index (κ2) is 14.8. The molecule has 0 radical (unpaired) electrons. The van der Waals surface area contributed by atoms with Crippen molar-refractivity contribution in [3.8, 4) is 33.8 Å². The molecule has 0 amide bonds.